The van der Waals surface area contributed by atoms with Gasteiger partial charge in [0.05, 0.1) is 0 Å². The Bertz CT molecular complexity index is 662. The maximum absolute atomic E-state index is 12.8. The fourth-order valence-corrected chi connectivity index (χ4v) is 2.01. The number of carbonyl (C=O) groups excluding carboxylic acids is 1. The fourth-order valence-electron chi connectivity index (χ4n) is 1.74. The van der Waals surface area contributed by atoms with Gasteiger partial charge < -0.3 is 5.31 Å². The maximum Gasteiger partial charge on any atom is 0.157 e. The average molecular weight is 246 g/mol. The maximum atomic E-state index is 12.8. The van der Waals surface area contributed by atoms with Crippen molar-refractivity contribution in [3.63, 3.8) is 0 Å². The average Bonchev–Trinajstić information content (AvgIpc) is 2.45. The summed E-state index contributed by atoms with van der Waals surface area (Å²) in [5.41, 5.74) is -2.91. The molecule has 2 rings (SSSR count). The first-order valence-electron chi connectivity index (χ1n) is 8.82. The zero-order chi connectivity index (χ0) is 18.6. The standard InChI is InChI=1S/C13H16ClNO/c1-15-13(9-5-4-8-12(13)16)10-6-2-3-7-11(10)14/h2-3,6-7,15H,4-5,8-9H2,1H3/i1D3,5D2,9D2/hD. The molecule has 16 heavy (non-hydrogen) atoms. The summed E-state index contributed by atoms with van der Waals surface area (Å²) in [6, 6.07) is 5.55. The SMILES string of the molecule is [2H]N(C([2H])([2H])[2H])C1(c2ccccc2Cl)C(=O)CCC([2H])([2H])C1([2H])[2H]. The Labute approximate surface area is 112 Å². The Morgan fingerprint density at radius 2 is 2.44 bits per heavy atom. The van der Waals surface area contributed by atoms with E-state index in [-0.39, 0.29) is 15.9 Å². The zero-order valence-electron chi connectivity index (χ0n) is 16.5. The van der Waals surface area contributed by atoms with Gasteiger partial charge in [-0.05, 0) is 31.4 Å². The lowest BCUT2D eigenvalue weighted by molar-refractivity contribution is -0.127. The molecule has 86 valence electrons. The number of nitrogens with one attached hydrogen (secondary N) is 1. The van der Waals surface area contributed by atoms with Crippen molar-refractivity contribution in [2.45, 2.75) is 31.1 Å². The number of ketones is 1. The number of likely N-dealkylation sites (N-methyl/N-ethyl adjacent to an activating group) is 1. The molecule has 1 atom stereocenters. The van der Waals surface area contributed by atoms with Crippen LogP contribution in [0.15, 0.2) is 24.3 Å². The quantitative estimate of drug-likeness (QED) is 0.868. The Morgan fingerprint density at radius 3 is 3.19 bits per heavy atom. The number of rotatable bonds is 2. The predicted octanol–water partition coefficient (Wildman–Crippen LogP) is 2.90. The third-order valence-corrected chi connectivity index (χ3v) is 2.91. The van der Waals surface area contributed by atoms with Crippen molar-refractivity contribution in [1.82, 2.24) is 5.31 Å². The van der Waals surface area contributed by atoms with Crippen LogP contribution in [0, 0.1) is 0 Å². The van der Waals surface area contributed by atoms with E-state index in [1.165, 1.54) is 24.3 Å². The van der Waals surface area contributed by atoms with E-state index in [2.05, 4.69) is 0 Å². The molecule has 2 nitrogen and oxygen atoms in total. The summed E-state index contributed by atoms with van der Waals surface area (Å²) < 4.78 is 63.2. The van der Waals surface area contributed by atoms with E-state index in [0.717, 1.165) is 0 Å². The van der Waals surface area contributed by atoms with Crippen molar-refractivity contribution in [3.8, 4) is 0 Å². The number of carbonyl (C=O) groups is 1. The number of halogens is 1. The molecule has 0 aliphatic heterocycles. The summed E-state index contributed by atoms with van der Waals surface area (Å²) in [5.74, 6) is -0.887. The van der Waals surface area contributed by atoms with Gasteiger partial charge in [-0.1, -0.05) is 36.2 Å². The predicted molar refractivity (Wildman–Crippen MR) is 65.7 cm³/mol. The van der Waals surface area contributed by atoms with Gasteiger partial charge in [0, 0.05) is 21.0 Å². The lowest BCUT2D eigenvalue weighted by Gasteiger charge is -2.36. The number of hydrogen-bond acceptors (Lipinski definition) is 2. The van der Waals surface area contributed by atoms with Gasteiger partial charge in [-0.25, -0.2) is 0 Å². The first-order valence-corrected chi connectivity index (χ1v) is 5.25. The highest BCUT2D eigenvalue weighted by Gasteiger charge is 2.40. The summed E-state index contributed by atoms with van der Waals surface area (Å²) in [4.78, 5) is 12.8. The number of benzene rings is 1. The van der Waals surface area contributed by atoms with Crippen LogP contribution in [0.5, 0.6) is 0 Å². The lowest BCUT2D eigenvalue weighted by Crippen LogP contribution is -2.49. The van der Waals surface area contributed by atoms with Gasteiger partial charge in [0.15, 0.2) is 5.78 Å². The number of Topliss-reactive ketones (excluding diaryl/α,β-unsaturated/α-hetero) is 1. The Hall–Kier alpha value is -0.860. The van der Waals surface area contributed by atoms with Crippen LogP contribution in [0.25, 0.3) is 0 Å². The molecular weight excluding hydrogens is 222 g/mol. The second-order valence-corrected chi connectivity index (χ2v) is 3.93. The Morgan fingerprint density at radius 1 is 1.62 bits per heavy atom. The van der Waals surface area contributed by atoms with Crippen LogP contribution < -0.4 is 5.31 Å². The largest absolute Gasteiger partial charge is 0.304 e. The molecule has 1 aromatic rings. The van der Waals surface area contributed by atoms with E-state index in [1.54, 1.807) is 0 Å². The van der Waals surface area contributed by atoms with Crippen LogP contribution in [0.2, 0.25) is 6.43 Å². The molecule has 0 bridgehead atoms. The summed E-state index contributed by atoms with van der Waals surface area (Å²) in [6.07, 6.45) is -6.32. The first-order chi connectivity index (χ1) is 10.8. The Kier molecular flexibility index (Phi) is 1.48. The topological polar surface area (TPSA) is 29.1 Å². The summed E-state index contributed by atoms with van der Waals surface area (Å²) in [6.45, 7) is -3.16. The van der Waals surface area contributed by atoms with Crippen LogP contribution >= 0.6 is 11.6 Å². The van der Waals surface area contributed by atoms with E-state index < -0.39 is 43.9 Å². The first kappa shape index (κ1) is 5.19. The molecule has 0 aromatic heterocycles. The molecule has 1 N–H and O–H groups in total. The van der Waals surface area contributed by atoms with Gasteiger partial charge >= 0.3 is 0 Å². The monoisotopic (exact) mass is 245 g/mol. The van der Waals surface area contributed by atoms with E-state index in [1.807, 2.05) is 0 Å². The molecule has 1 fully saturated rings. The molecule has 1 aliphatic rings. The molecule has 3 heteroatoms. The highest BCUT2D eigenvalue weighted by molar-refractivity contribution is 6.31. The highest BCUT2D eigenvalue weighted by Crippen LogP contribution is 2.37. The minimum Gasteiger partial charge on any atom is -0.304 e. The van der Waals surface area contributed by atoms with Gasteiger partial charge in [-0.3, -0.25) is 4.79 Å². The second kappa shape index (κ2) is 4.56. The van der Waals surface area contributed by atoms with Crippen molar-refractivity contribution in [1.29, 1.82) is 0 Å². The third kappa shape index (κ3) is 1.76. The molecule has 0 saturated heterocycles. The molecule has 0 spiro atoms. The van der Waals surface area contributed by atoms with Crippen LogP contribution in [-0.4, -0.2) is 12.8 Å². The molecular formula is C13H16ClNO. The molecule has 1 saturated carbocycles. The van der Waals surface area contributed by atoms with Crippen molar-refractivity contribution in [3.05, 3.63) is 34.9 Å². The number of hydrogen-bond donors (Lipinski definition) is 1. The van der Waals surface area contributed by atoms with Gasteiger partial charge in [-0.15, -0.1) is 0 Å². The van der Waals surface area contributed by atoms with Crippen LogP contribution in [0.3, 0.4) is 0 Å². The molecule has 0 amide bonds. The second-order valence-electron chi connectivity index (χ2n) is 3.53. The molecule has 0 radical (unpaired) electrons. The smallest absolute Gasteiger partial charge is 0.157 e. The minimum absolute atomic E-state index is 0.103. The van der Waals surface area contributed by atoms with Crippen molar-refractivity contribution >= 4 is 17.4 Å². The van der Waals surface area contributed by atoms with Gasteiger partial charge in [0.25, 0.3) is 0 Å². The lowest BCUT2D eigenvalue weighted by atomic mass is 9.75. The van der Waals surface area contributed by atoms with E-state index in [0.29, 0.717) is 0 Å². The van der Waals surface area contributed by atoms with Crippen molar-refractivity contribution in [2.75, 3.05) is 6.98 Å². The normalized spacial score (nSPS) is 40.5. The van der Waals surface area contributed by atoms with E-state index in [4.69, 9.17) is 22.6 Å². The fraction of sp³-hybridized carbons (Fsp3) is 0.462. The van der Waals surface area contributed by atoms with Gasteiger partial charge in [0.1, 0.15) is 6.95 Å². The van der Waals surface area contributed by atoms with E-state index >= 15 is 0 Å². The van der Waals surface area contributed by atoms with Crippen LogP contribution in [0.4, 0.5) is 0 Å². The third-order valence-electron chi connectivity index (χ3n) is 2.58. The Balaban J connectivity index is 2.91. The summed E-state index contributed by atoms with van der Waals surface area (Å²) >= 11 is 6.09. The van der Waals surface area contributed by atoms with Crippen LogP contribution in [0.1, 0.15) is 40.7 Å². The zero-order valence-corrected chi connectivity index (χ0v) is 9.21. The minimum atomic E-state index is -3.16. The van der Waals surface area contributed by atoms with Gasteiger partial charge in [-0.2, -0.15) is 0 Å². The molecule has 1 aliphatic carbocycles. The van der Waals surface area contributed by atoms with Crippen molar-refractivity contribution < 1.29 is 15.8 Å². The highest BCUT2D eigenvalue weighted by atomic mass is 35.5. The molecule has 0 heterocycles. The molecule has 1 unspecified atom stereocenters. The van der Waals surface area contributed by atoms with Crippen molar-refractivity contribution in [2.24, 2.45) is 0 Å². The summed E-state index contributed by atoms with van der Waals surface area (Å²) in [7, 11) is 0. The van der Waals surface area contributed by atoms with Gasteiger partial charge in [0.2, 0.25) is 0 Å². The van der Waals surface area contributed by atoms with Crippen LogP contribution in [-0.2, 0) is 10.3 Å². The van der Waals surface area contributed by atoms with E-state index in [9.17, 15) is 4.79 Å². The summed E-state index contributed by atoms with van der Waals surface area (Å²) in [5, 5.41) is -0.213. The molecule has 1 aromatic carbocycles.